The molecule has 2 aromatic heterocycles. The Hall–Kier alpha value is -2.65. The summed E-state index contributed by atoms with van der Waals surface area (Å²) < 4.78 is 6.75. The van der Waals surface area contributed by atoms with Crippen LogP contribution in [0.25, 0.3) is 10.9 Å². The lowest BCUT2D eigenvalue weighted by Gasteiger charge is -2.18. The van der Waals surface area contributed by atoms with E-state index < -0.39 is 5.97 Å². The van der Waals surface area contributed by atoms with E-state index in [2.05, 4.69) is 5.32 Å². The number of aromatic nitrogens is 2. The topological polar surface area (TPSA) is 90.3 Å². The Morgan fingerprint density at radius 2 is 2.00 bits per heavy atom. The summed E-state index contributed by atoms with van der Waals surface area (Å²) in [5, 5.41) is 4.64. The maximum Gasteiger partial charge on any atom is 0.341 e. The van der Waals surface area contributed by atoms with Crippen molar-refractivity contribution in [3.63, 3.8) is 0 Å². The number of thioether (sulfide) groups is 1. The average Bonchev–Trinajstić information content (AvgIpc) is 3.55. The number of nitrogens with one attached hydrogen (secondary N) is 1. The Bertz CT molecular complexity index is 1290. The van der Waals surface area contributed by atoms with E-state index in [0.717, 1.165) is 55.4 Å². The van der Waals surface area contributed by atoms with Crippen LogP contribution in [0.3, 0.4) is 0 Å². The normalized spacial score (nSPS) is 15.7. The number of esters is 1. The number of nitrogens with zero attached hydrogens (tertiary/aromatic N) is 2. The first kappa shape index (κ1) is 22.2. The number of carbonyl (C=O) groups is 2. The molecule has 1 N–H and O–H groups in total. The van der Waals surface area contributed by atoms with Crippen molar-refractivity contribution in [2.24, 2.45) is 0 Å². The van der Waals surface area contributed by atoms with Crippen molar-refractivity contribution in [3.05, 3.63) is 50.6 Å². The van der Waals surface area contributed by atoms with Crippen LogP contribution in [-0.4, -0.2) is 34.3 Å². The predicted molar refractivity (Wildman–Crippen MR) is 131 cm³/mol. The Balaban J connectivity index is 1.39. The number of thiophene rings is 1. The van der Waals surface area contributed by atoms with Crippen LogP contribution in [0.4, 0.5) is 5.00 Å². The second kappa shape index (κ2) is 9.30. The lowest BCUT2D eigenvalue weighted by atomic mass is 10.1. The van der Waals surface area contributed by atoms with Gasteiger partial charge in [-0.2, -0.15) is 0 Å². The van der Waals surface area contributed by atoms with Gasteiger partial charge in [-0.25, -0.2) is 9.78 Å². The van der Waals surface area contributed by atoms with Crippen LogP contribution >= 0.6 is 23.1 Å². The van der Waals surface area contributed by atoms with Gasteiger partial charge in [0.1, 0.15) is 5.00 Å². The van der Waals surface area contributed by atoms with Gasteiger partial charge in [-0.3, -0.25) is 14.2 Å². The molecule has 2 aliphatic carbocycles. The molecular weight excluding hydrogens is 458 g/mol. The number of hydrogen-bond acceptors (Lipinski definition) is 7. The standard InChI is InChI=1S/C24H25N3O4S2/c1-31-23(30)20-16-10-6-12-18(16)33-21(20)26-19(28)13-32-24-25-17-11-5-4-9-15(17)22(29)27(24)14-7-2-3-8-14/h4-5,9,11,14H,2-3,6-8,10,12-13H2,1H3,(H,26,28). The quantitative estimate of drug-likeness (QED) is 0.314. The number of fused-ring (bicyclic) bond motifs is 2. The molecule has 5 rings (SSSR count). The van der Waals surface area contributed by atoms with Crippen molar-refractivity contribution >= 4 is 50.9 Å². The first-order chi connectivity index (χ1) is 16.1. The molecule has 172 valence electrons. The molecule has 3 aromatic rings. The summed E-state index contributed by atoms with van der Waals surface area (Å²) in [6.45, 7) is 0. The minimum Gasteiger partial charge on any atom is -0.465 e. The molecule has 0 saturated heterocycles. The van der Waals surface area contributed by atoms with Crippen LogP contribution in [0.1, 0.15) is 58.9 Å². The number of aryl methyl sites for hydroxylation is 1. The van der Waals surface area contributed by atoms with Crippen LogP contribution in [0, 0.1) is 0 Å². The van der Waals surface area contributed by atoms with Crippen LogP contribution in [0.2, 0.25) is 0 Å². The summed E-state index contributed by atoms with van der Waals surface area (Å²) in [5.41, 5.74) is 2.08. The van der Waals surface area contributed by atoms with Crippen molar-refractivity contribution in [3.8, 4) is 0 Å². The van der Waals surface area contributed by atoms with E-state index in [1.54, 1.807) is 4.57 Å². The van der Waals surface area contributed by atoms with E-state index in [1.165, 1.54) is 30.2 Å². The number of amides is 1. The molecule has 33 heavy (non-hydrogen) atoms. The zero-order chi connectivity index (χ0) is 22.9. The van der Waals surface area contributed by atoms with Gasteiger partial charge in [0.15, 0.2) is 5.16 Å². The van der Waals surface area contributed by atoms with E-state index in [1.807, 2.05) is 24.3 Å². The first-order valence-corrected chi connectivity index (χ1v) is 13.0. The van der Waals surface area contributed by atoms with Crippen LogP contribution in [0.15, 0.2) is 34.2 Å². The fourth-order valence-corrected chi connectivity index (χ4v) is 6.97. The molecule has 1 amide bonds. The van der Waals surface area contributed by atoms with Crippen LogP contribution < -0.4 is 10.9 Å². The summed E-state index contributed by atoms with van der Waals surface area (Å²) in [5.74, 6) is -0.546. The Kier molecular flexibility index (Phi) is 6.25. The molecule has 0 atom stereocenters. The Labute approximate surface area is 199 Å². The number of benzene rings is 1. The number of para-hydroxylation sites is 1. The second-order valence-corrected chi connectivity index (χ2v) is 10.5. The number of rotatable bonds is 6. The number of carbonyl (C=O) groups excluding carboxylic acids is 2. The van der Waals surface area contributed by atoms with Gasteiger partial charge in [0.2, 0.25) is 5.91 Å². The summed E-state index contributed by atoms with van der Waals surface area (Å²) in [6.07, 6.45) is 6.84. The molecule has 1 fully saturated rings. The van der Waals surface area contributed by atoms with Crippen molar-refractivity contribution in [2.75, 3.05) is 18.2 Å². The largest absolute Gasteiger partial charge is 0.465 e. The zero-order valence-electron chi connectivity index (χ0n) is 18.4. The van der Waals surface area contributed by atoms with Crippen molar-refractivity contribution in [1.82, 2.24) is 9.55 Å². The SMILES string of the molecule is COC(=O)c1c(NC(=O)CSc2nc3ccccc3c(=O)n2C2CCCC2)sc2c1CCC2. The maximum atomic E-state index is 13.3. The number of hydrogen-bond donors (Lipinski definition) is 1. The van der Waals surface area contributed by atoms with Gasteiger partial charge in [-0.15, -0.1) is 11.3 Å². The number of methoxy groups -OCH3 is 1. The fraction of sp³-hybridized carbons (Fsp3) is 0.417. The molecule has 0 unspecified atom stereocenters. The van der Waals surface area contributed by atoms with Gasteiger partial charge in [0.05, 0.1) is 29.3 Å². The highest BCUT2D eigenvalue weighted by molar-refractivity contribution is 7.99. The lowest BCUT2D eigenvalue weighted by molar-refractivity contribution is -0.113. The number of anilines is 1. The summed E-state index contributed by atoms with van der Waals surface area (Å²) >= 11 is 2.73. The minimum absolute atomic E-state index is 0.0435. The molecule has 2 aliphatic rings. The molecule has 0 bridgehead atoms. The average molecular weight is 484 g/mol. The first-order valence-electron chi connectivity index (χ1n) is 11.2. The number of ether oxygens (including phenoxy) is 1. The highest BCUT2D eigenvalue weighted by Crippen LogP contribution is 2.39. The molecular formula is C24H25N3O4S2. The smallest absolute Gasteiger partial charge is 0.341 e. The van der Waals surface area contributed by atoms with Crippen molar-refractivity contribution in [1.29, 1.82) is 0 Å². The second-order valence-electron chi connectivity index (χ2n) is 8.41. The minimum atomic E-state index is -0.413. The van der Waals surface area contributed by atoms with E-state index in [0.29, 0.717) is 26.6 Å². The summed E-state index contributed by atoms with van der Waals surface area (Å²) in [7, 11) is 1.36. The third-order valence-corrected chi connectivity index (χ3v) is 8.52. The van der Waals surface area contributed by atoms with Crippen molar-refractivity contribution < 1.29 is 14.3 Å². The predicted octanol–water partition coefficient (Wildman–Crippen LogP) is 4.58. The van der Waals surface area contributed by atoms with Gasteiger partial charge in [-0.1, -0.05) is 36.7 Å². The maximum absolute atomic E-state index is 13.3. The molecule has 0 spiro atoms. The zero-order valence-corrected chi connectivity index (χ0v) is 20.0. The molecule has 1 aromatic carbocycles. The molecule has 0 radical (unpaired) electrons. The van der Waals surface area contributed by atoms with E-state index in [9.17, 15) is 14.4 Å². The molecule has 9 heteroatoms. The van der Waals surface area contributed by atoms with E-state index >= 15 is 0 Å². The van der Waals surface area contributed by atoms with E-state index in [-0.39, 0.29) is 23.3 Å². The van der Waals surface area contributed by atoms with Gasteiger partial charge < -0.3 is 10.1 Å². The van der Waals surface area contributed by atoms with Gasteiger partial charge in [0, 0.05) is 10.9 Å². The molecule has 1 saturated carbocycles. The summed E-state index contributed by atoms with van der Waals surface area (Å²) in [4.78, 5) is 44.4. The fourth-order valence-electron chi connectivity index (χ4n) is 4.81. The third kappa shape index (κ3) is 4.19. The highest BCUT2D eigenvalue weighted by Gasteiger charge is 2.28. The molecule has 7 nitrogen and oxygen atoms in total. The molecule has 2 heterocycles. The van der Waals surface area contributed by atoms with Gasteiger partial charge in [0.25, 0.3) is 5.56 Å². The van der Waals surface area contributed by atoms with E-state index in [4.69, 9.17) is 9.72 Å². The van der Waals surface area contributed by atoms with Crippen molar-refractivity contribution in [2.45, 2.75) is 56.1 Å². The van der Waals surface area contributed by atoms with Crippen LogP contribution in [-0.2, 0) is 22.4 Å². The highest BCUT2D eigenvalue weighted by atomic mass is 32.2. The van der Waals surface area contributed by atoms with Gasteiger partial charge >= 0.3 is 5.97 Å². The van der Waals surface area contributed by atoms with Crippen LogP contribution in [0.5, 0.6) is 0 Å². The van der Waals surface area contributed by atoms with Gasteiger partial charge in [-0.05, 0) is 49.8 Å². The molecule has 0 aliphatic heterocycles. The lowest BCUT2D eigenvalue weighted by Crippen LogP contribution is -2.27. The Morgan fingerprint density at radius 1 is 1.21 bits per heavy atom. The Morgan fingerprint density at radius 3 is 2.79 bits per heavy atom. The summed E-state index contributed by atoms with van der Waals surface area (Å²) in [6, 6.07) is 7.46. The third-order valence-electron chi connectivity index (χ3n) is 6.36. The monoisotopic (exact) mass is 483 g/mol.